The Labute approximate surface area is 189 Å². The number of nitrogens with zero attached hydrogens (tertiary/aromatic N) is 1. The Bertz CT molecular complexity index is 811. The van der Waals surface area contributed by atoms with Gasteiger partial charge in [-0.15, -0.1) is 0 Å². The van der Waals surface area contributed by atoms with Crippen LogP contribution in [-0.4, -0.2) is 24.1 Å². The first kappa shape index (κ1) is 24.7. The molecule has 1 aliphatic heterocycles. The Morgan fingerprint density at radius 3 is 2.29 bits per heavy atom. The van der Waals surface area contributed by atoms with Gasteiger partial charge in [0.15, 0.2) is 0 Å². The van der Waals surface area contributed by atoms with Crippen LogP contribution in [0.25, 0.3) is 0 Å². The van der Waals surface area contributed by atoms with Crippen molar-refractivity contribution in [1.82, 2.24) is 4.90 Å². The fourth-order valence-electron chi connectivity index (χ4n) is 3.52. The van der Waals surface area contributed by atoms with Crippen LogP contribution in [0.1, 0.15) is 71.8 Å². The summed E-state index contributed by atoms with van der Waals surface area (Å²) in [6.07, 6.45) is 15.4. The first-order valence-corrected chi connectivity index (χ1v) is 11.5. The molecule has 31 heavy (non-hydrogen) atoms. The van der Waals surface area contributed by atoms with Crippen LogP contribution >= 0.6 is 0 Å². The average Bonchev–Trinajstić information content (AvgIpc) is 2.77. The van der Waals surface area contributed by atoms with Crippen molar-refractivity contribution in [2.45, 2.75) is 72.8 Å². The summed E-state index contributed by atoms with van der Waals surface area (Å²) in [6, 6.07) is 9.81. The zero-order valence-corrected chi connectivity index (χ0v) is 19.8. The van der Waals surface area contributed by atoms with Gasteiger partial charge in [0.2, 0.25) is 0 Å². The standard InChI is InChI=1S/C28H39NO2/c1-23(2)10-8-11-24(3)12-9-13-25(4)16-17-26-18-20-29(21-19-26)28(30)31-22-27-14-6-5-7-15-27/h5-7,10,12,14-16,18H,8-9,11,13,17,19-22H2,1-4H3/b24-12+,25-16+. The van der Waals surface area contributed by atoms with Crippen molar-refractivity contribution in [2.75, 3.05) is 13.1 Å². The van der Waals surface area contributed by atoms with Gasteiger partial charge < -0.3 is 9.64 Å². The first-order chi connectivity index (χ1) is 14.9. The van der Waals surface area contributed by atoms with Gasteiger partial charge in [0, 0.05) is 13.1 Å². The molecule has 0 aromatic heterocycles. The number of carbonyl (C=O) groups excluding carboxylic acids is 1. The van der Waals surface area contributed by atoms with Crippen LogP contribution in [0, 0.1) is 0 Å². The minimum Gasteiger partial charge on any atom is -0.445 e. The van der Waals surface area contributed by atoms with Gasteiger partial charge in [-0.3, -0.25) is 0 Å². The zero-order valence-electron chi connectivity index (χ0n) is 19.8. The Kier molecular flexibility index (Phi) is 10.9. The maximum absolute atomic E-state index is 12.3. The highest BCUT2D eigenvalue weighted by molar-refractivity contribution is 5.68. The van der Waals surface area contributed by atoms with E-state index in [1.54, 1.807) is 4.90 Å². The van der Waals surface area contributed by atoms with Gasteiger partial charge in [-0.2, -0.15) is 0 Å². The fourth-order valence-corrected chi connectivity index (χ4v) is 3.52. The van der Waals surface area contributed by atoms with Crippen molar-refractivity contribution < 1.29 is 9.53 Å². The van der Waals surface area contributed by atoms with E-state index in [4.69, 9.17) is 4.74 Å². The van der Waals surface area contributed by atoms with Gasteiger partial charge in [-0.1, -0.05) is 76.9 Å². The predicted octanol–water partition coefficient (Wildman–Crippen LogP) is 7.76. The molecule has 0 atom stereocenters. The van der Waals surface area contributed by atoms with Gasteiger partial charge in [-0.05, 0) is 71.8 Å². The molecule has 0 radical (unpaired) electrons. The normalized spacial score (nSPS) is 14.8. The molecule has 0 spiro atoms. The summed E-state index contributed by atoms with van der Waals surface area (Å²) in [6.45, 7) is 10.5. The minimum absolute atomic E-state index is 0.224. The van der Waals surface area contributed by atoms with Gasteiger partial charge in [0.25, 0.3) is 0 Å². The molecule has 3 heteroatoms. The largest absolute Gasteiger partial charge is 0.445 e. The first-order valence-electron chi connectivity index (χ1n) is 11.5. The fraction of sp³-hybridized carbons (Fsp3) is 0.464. The maximum Gasteiger partial charge on any atom is 0.410 e. The molecule has 1 aliphatic rings. The van der Waals surface area contributed by atoms with Crippen molar-refractivity contribution in [1.29, 1.82) is 0 Å². The summed E-state index contributed by atoms with van der Waals surface area (Å²) in [4.78, 5) is 14.1. The molecule has 0 N–H and O–H groups in total. The molecule has 2 rings (SSSR count). The van der Waals surface area contributed by atoms with E-state index < -0.39 is 0 Å². The number of hydrogen-bond donors (Lipinski definition) is 0. The number of carbonyl (C=O) groups is 1. The van der Waals surface area contributed by atoms with E-state index >= 15 is 0 Å². The second-order valence-electron chi connectivity index (χ2n) is 8.76. The smallest absolute Gasteiger partial charge is 0.410 e. The quantitative estimate of drug-likeness (QED) is 0.361. The summed E-state index contributed by atoms with van der Waals surface area (Å²) in [5.41, 5.74) is 6.76. The van der Waals surface area contributed by atoms with E-state index in [1.807, 2.05) is 30.3 Å². The number of rotatable bonds is 10. The molecule has 1 heterocycles. The highest BCUT2D eigenvalue weighted by Gasteiger charge is 2.18. The van der Waals surface area contributed by atoms with Gasteiger partial charge in [0.05, 0.1) is 0 Å². The zero-order chi connectivity index (χ0) is 22.5. The van der Waals surface area contributed by atoms with Gasteiger partial charge in [-0.25, -0.2) is 4.79 Å². The average molecular weight is 422 g/mol. The van der Waals surface area contributed by atoms with E-state index in [0.717, 1.165) is 50.6 Å². The number of allylic oxidation sites excluding steroid dienone is 6. The lowest BCUT2D eigenvalue weighted by Crippen LogP contribution is -2.35. The Balaban J connectivity index is 1.68. The summed E-state index contributed by atoms with van der Waals surface area (Å²) < 4.78 is 5.44. The second-order valence-corrected chi connectivity index (χ2v) is 8.76. The third kappa shape index (κ3) is 10.3. The van der Waals surface area contributed by atoms with Crippen molar-refractivity contribution in [2.24, 2.45) is 0 Å². The SMILES string of the molecule is CC(C)=CCC/C(C)=C/CC/C(C)=C/CC1=CCN(C(=O)OCc2ccccc2)CC1. The Morgan fingerprint density at radius 1 is 0.968 bits per heavy atom. The highest BCUT2D eigenvalue weighted by atomic mass is 16.6. The number of hydrogen-bond acceptors (Lipinski definition) is 2. The van der Waals surface area contributed by atoms with Crippen molar-refractivity contribution in [3.63, 3.8) is 0 Å². The van der Waals surface area contributed by atoms with E-state index in [1.165, 1.54) is 22.3 Å². The van der Waals surface area contributed by atoms with Crippen LogP contribution in [0.15, 0.2) is 76.9 Å². The summed E-state index contributed by atoms with van der Waals surface area (Å²) in [5.74, 6) is 0. The summed E-state index contributed by atoms with van der Waals surface area (Å²) >= 11 is 0. The number of ether oxygens (including phenoxy) is 1. The van der Waals surface area contributed by atoms with Gasteiger partial charge in [0.1, 0.15) is 6.61 Å². The summed E-state index contributed by atoms with van der Waals surface area (Å²) in [7, 11) is 0. The van der Waals surface area contributed by atoms with Gasteiger partial charge >= 0.3 is 6.09 Å². The Hall–Kier alpha value is -2.55. The van der Waals surface area contributed by atoms with Crippen molar-refractivity contribution in [3.05, 3.63) is 82.5 Å². The van der Waals surface area contributed by atoms with Crippen LogP contribution in [0.4, 0.5) is 4.79 Å². The molecule has 0 fully saturated rings. The molecular weight excluding hydrogens is 382 g/mol. The molecular formula is C28H39NO2. The topological polar surface area (TPSA) is 29.5 Å². The van der Waals surface area contributed by atoms with Crippen molar-refractivity contribution >= 4 is 6.09 Å². The predicted molar refractivity (Wildman–Crippen MR) is 131 cm³/mol. The molecule has 0 bridgehead atoms. The van der Waals surface area contributed by atoms with E-state index in [2.05, 4.69) is 52.0 Å². The molecule has 1 aromatic carbocycles. The van der Waals surface area contributed by atoms with Crippen LogP contribution in [0.2, 0.25) is 0 Å². The molecule has 1 amide bonds. The lowest BCUT2D eigenvalue weighted by molar-refractivity contribution is 0.0989. The van der Waals surface area contributed by atoms with Crippen LogP contribution < -0.4 is 0 Å². The number of amides is 1. The second kappa shape index (κ2) is 13.7. The molecule has 1 aromatic rings. The third-order valence-corrected chi connectivity index (χ3v) is 5.60. The number of benzene rings is 1. The molecule has 0 saturated carbocycles. The minimum atomic E-state index is -0.224. The van der Waals surface area contributed by atoms with Crippen LogP contribution in [0.3, 0.4) is 0 Å². The van der Waals surface area contributed by atoms with E-state index in [0.29, 0.717) is 13.2 Å². The molecule has 3 nitrogen and oxygen atoms in total. The lowest BCUT2D eigenvalue weighted by Gasteiger charge is -2.25. The highest BCUT2D eigenvalue weighted by Crippen LogP contribution is 2.18. The monoisotopic (exact) mass is 421 g/mol. The summed E-state index contributed by atoms with van der Waals surface area (Å²) in [5, 5.41) is 0. The lowest BCUT2D eigenvalue weighted by atomic mass is 10.0. The van der Waals surface area contributed by atoms with Crippen LogP contribution in [0.5, 0.6) is 0 Å². The van der Waals surface area contributed by atoms with Crippen LogP contribution in [-0.2, 0) is 11.3 Å². The molecule has 0 unspecified atom stereocenters. The van der Waals surface area contributed by atoms with E-state index in [-0.39, 0.29) is 6.09 Å². The Morgan fingerprint density at radius 2 is 1.65 bits per heavy atom. The van der Waals surface area contributed by atoms with Crippen molar-refractivity contribution in [3.8, 4) is 0 Å². The van der Waals surface area contributed by atoms with E-state index in [9.17, 15) is 4.79 Å². The third-order valence-electron chi connectivity index (χ3n) is 5.60. The molecule has 168 valence electrons. The maximum atomic E-state index is 12.3. The molecule has 0 aliphatic carbocycles. The molecule has 0 saturated heterocycles.